The largest absolute Gasteiger partial charge is 0.490 e. The highest BCUT2D eigenvalue weighted by Crippen LogP contribution is 2.31. The van der Waals surface area contributed by atoms with E-state index in [4.69, 9.17) is 9.47 Å². The van der Waals surface area contributed by atoms with Crippen molar-refractivity contribution in [2.45, 2.75) is 24.2 Å². The van der Waals surface area contributed by atoms with Gasteiger partial charge in [-0.15, -0.1) is 0 Å². The Balaban J connectivity index is 1.85. The van der Waals surface area contributed by atoms with Crippen molar-refractivity contribution in [1.29, 1.82) is 0 Å². The summed E-state index contributed by atoms with van der Waals surface area (Å²) in [4.78, 5) is 11.7. The summed E-state index contributed by atoms with van der Waals surface area (Å²) in [6, 6.07) is 4.50. The second-order valence-electron chi connectivity index (χ2n) is 5.61. The third-order valence-corrected chi connectivity index (χ3v) is 5.06. The van der Waals surface area contributed by atoms with E-state index in [2.05, 4.69) is 15.4 Å². The summed E-state index contributed by atoms with van der Waals surface area (Å²) < 4.78 is 38.1. The molecule has 0 aliphatic carbocycles. The zero-order valence-corrected chi connectivity index (χ0v) is 15.2. The van der Waals surface area contributed by atoms with Crippen molar-refractivity contribution < 1.29 is 22.7 Å². The summed E-state index contributed by atoms with van der Waals surface area (Å²) in [5.74, 6) is 0.775. The highest BCUT2D eigenvalue weighted by molar-refractivity contribution is 7.89. The van der Waals surface area contributed by atoms with Gasteiger partial charge in [0.1, 0.15) is 0 Å². The lowest BCUT2D eigenvalue weighted by Crippen LogP contribution is -2.31. The number of benzene rings is 1. The van der Waals surface area contributed by atoms with Gasteiger partial charge >= 0.3 is 0 Å². The van der Waals surface area contributed by atoms with E-state index in [1.807, 2.05) is 7.05 Å². The molecule has 0 saturated heterocycles. The van der Waals surface area contributed by atoms with E-state index in [9.17, 15) is 13.2 Å². The summed E-state index contributed by atoms with van der Waals surface area (Å²) >= 11 is 0. The molecule has 1 aliphatic heterocycles. The Morgan fingerprint density at radius 1 is 1.12 bits per heavy atom. The number of carbonyl (C=O) groups excluding carboxylic acids is 1. The third kappa shape index (κ3) is 6.18. The lowest BCUT2D eigenvalue weighted by atomic mass is 10.3. The van der Waals surface area contributed by atoms with Crippen LogP contribution in [0.2, 0.25) is 0 Å². The van der Waals surface area contributed by atoms with Crippen LogP contribution in [-0.2, 0) is 14.8 Å². The summed E-state index contributed by atoms with van der Waals surface area (Å²) in [5, 5.41) is 5.73. The normalized spacial score (nSPS) is 14.0. The Morgan fingerprint density at radius 2 is 1.88 bits per heavy atom. The predicted octanol–water partition coefficient (Wildman–Crippen LogP) is 0.242. The number of ether oxygens (including phenoxy) is 2. The molecule has 1 amide bonds. The second-order valence-corrected chi connectivity index (χ2v) is 7.38. The highest BCUT2D eigenvalue weighted by atomic mass is 32.2. The third-order valence-electron chi connectivity index (χ3n) is 3.60. The summed E-state index contributed by atoms with van der Waals surface area (Å²) in [6.07, 6.45) is 1.66. The number of sulfonamides is 1. The molecule has 1 aromatic carbocycles. The van der Waals surface area contributed by atoms with Gasteiger partial charge in [-0.1, -0.05) is 0 Å². The van der Waals surface area contributed by atoms with Crippen LogP contribution in [0.5, 0.6) is 11.5 Å². The fourth-order valence-electron chi connectivity index (χ4n) is 2.27. The quantitative estimate of drug-likeness (QED) is 0.537. The standard InChI is InChI=1S/C16H25N3O5S/c1-17-7-2-8-18-16(20)6-9-19-25(21,22)13-4-5-14-15(12-13)24-11-3-10-23-14/h4-5,12,17,19H,2-3,6-11H2,1H3,(H,18,20). The second kappa shape index (κ2) is 9.59. The Kier molecular flexibility index (Phi) is 7.48. The van der Waals surface area contributed by atoms with Gasteiger partial charge in [-0.3, -0.25) is 4.79 Å². The first-order valence-electron chi connectivity index (χ1n) is 8.33. The molecule has 25 heavy (non-hydrogen) atoms. The molecule has 0 fully saturated rings. The van der Waals surface area contributed by atoms with Crippen LogP contribution in [0, 0.1) is 0 Å². The van der Waals surface area contributed by atoms with Gasteiger partial charge in [-0.25, -0.2) is 13.1 Å². The number of hydrogen-bond donors (Lipinski definition) is 3. The monoisotopic (exact) mass is 371 g/mol. The number of hydrogen-bond acceptors (Lipinski definition) is 6. The van der Waals surface area contributed by atoms with Gasteiger partial charge < -0.3 is 20.1 Å². The SMILES string of the molecule is CNCCCNC(=O)CCNS(=O)(=O)c1ccc2c(c1)OCCCO2. The lowest BCUT2D eigenvalue weighted by Gasteiger charge is -2.11. The molecule has 2 rings (SSSR count). The molecular formula is C16H25N3O5S. The Morgan fingerprint density at radius 3 is 2.64 bits per heavy atom. The smallest absolute Gasteiger partial charge is 0.240 e. The zero-order valence-electron chi connectivity index (χ0n) is 14.3. The van der Waals surface area contributed by atoms with Crippen molar-refractivity contribution in [3.63, 3.8) is 0 Å². The van der Waals surface area contributed by atoms with Crippen molar-refractivity contribution in [2.24, 2.45) is 0 Å². The average molecular weight is 371 g/mol. The molecule has 0 radical (unpaired) electrons. The van der Waals surface area contributed by atoms with Gasteiger partial charge in [-0.2, -0.15) is 0 Å². The van der Waals surface area contributed by atoms with Crippen LogP contribution in [-0.4, -0.2) is 54.2 Å². The van der Waals surface area contributed by atoms with Crippen LogP contribution in [0.25, 0.3) is 0 Å². The maximum atomic E-state index is 12.3. The van der Waals surface area contributed by atoms with E-state index in [1.54, 1.807) is 6.07 Å². The Hall–Kier alpha value is -1.84. The van der Waals surface area contributed by atoms with Crippen LogP contribution in [0.1, 0.15) is 19.3 Å². The molecular weight excluding hydrogens is 346 g/mol. The van der Waals surface area contributed by atoms with Gasteiger partial charge in [0.05, 0.1) is 18.1 Å². The molecule has 0 spiro atoms. The van der Waals surface area contributed by atoms with Gasteiger partial charge in [0.25, 0.3) is 0 Å². The van der Waals surface area contributed by atoms with Crippen LogP contribution in [0.15, 0.2) is 23.1 Å². The molecule has 0 bridgehead atoms. The molecule has 0 unspecified atom stereocenters. The maximum Gasteiger partial charge on any atom is 0.240 e. The molecule has 3 N–H and O–H groups in total. The van der Waals surface area contributed by atoms with Gasteiger partial charge in [0, 0.05) is 32.0 Å². The Bertz CT molecular complexity index is 678. The number of amides is 1. The van der Waals surface area contributed by atoms with E-state index < -0.39 is 10.0 Å². The summed E-state index contributed by atoms with van der Waals surface area (Å²) in [7, 11) is -1.86. The average Bonchev–Trinajstić information content (AvgIpc) is 2.83. The minimum Gasteiger partial charge on any atom is -0.490 e. The van der Waals surface area contributed by atoms with E-state index in [-0.39, 0.29) is 23.8 Å². The predicted molar refractivity (Wildman–Crippen MR) is 93.4 cm³/mol. The number of fused-ring (bicyclic) bond motifs is 1. The number of nitrogens with one attached hydrogen (secondary N) is 3. The zero-order chi connectivity index (χ0) is 18.1. The Labute approximate surface area is 148 Å². The molecule has 1 aromatic rings. The van der Waals surface area contributed by atoms with Crippen molar-refractivity contribution >= 4 is 15.9 Å². The molecule has 1 heterocycles. The first kappa shape index (κ1) is 19.5. The summed E-state index contributed by atoms with van der Waals surface area (Å²) in [6.45, 7) is 2.44. The van der Waals surface area contributed by atoms with Crippen LogP contribution >= 0.6 is 0 Å². The molecule has 0 saturated carbocycles. The van der Waals surface area contributed by atoms with E-state index in [0.29, 0.717) is 31.3 Å². The van der Waals surface area contributed by atoms with Crippen molar-refractivity contribution in [3.05, 3.63) is 18.2 Å². The van der Waals surface area contributed by atoms with Crippen molar-refractivity contribution in [3.8, 4) is 11.5 Å². The molecule has 140 valence electrons. The first-order chi connectivity index (χ1) is 12.0. The van der Waals surface area contributed by atoms with Crippen molar-refractivity contribution in [1.82, 2.24) is 15.4 Å². The van der Waals surface area contributed by atoms with Crippen LogP contribution in [0.3, 0.4) is 0 Å². The van der Waals surface area contributed by atoms with Crippen LogP contribution in [0.4, 0.5) is 0 Å². The fourth-order valence-corrected chi connectivity index (χ4v) is 3.32. The topological polar surface area (TPSA) is 106 Å². The highest BCUT2D eigenvalue weighted by Gasteiger charge is 2.18. The minimum absolute atomic E-state index is 0.0363. The van der Waals surface area contributed by atoms with E-state index >= 15 is 0 Å². The van der Waals surface area contributed by atoms with E-state index in [1.165, 1.54) is 12.1 Å². The van der Waals surface area contributed by atoms with Crippen LogP contribution < -0.4 is 24.8 Å². The van der Waals surface area contributed by atoms with Gasteiger partial charge in [0.2, 0.25) is 15.9 Å². The van der Waals surface area contributed by atoms with Crippen molar-refractivity contribution in [2.75, 3.05) is 39.9 Å². The molecule has 9 heteroatoms. The molecule has 0 aromatic heterocycles. The molecule has 1 aliphatic rings. The van der Waals surface area contributed by atoms with Gasteiger partial charge in [-0.05, 0) is 32.1 Å². The number of rotatable bonds is 9. The van der Waals surface area contributed by atoms with Gasteiger partial charge in [0.15, 0.2) is 11.5 Å². The molecule has 8 nitrogen and oxygen atoms in total. The summed E-state index contributed by atoms with van der Waals surface area (Å²) in [5.41, 5.74) is 0. The number of carbonyl (C=O) groups is 1. The first-order valence-corrected chi connectivity index (χ1v) is 9.82. The lowest BCUT2D eigenvalue weighted by molar-refractivity contribution is -0.120. The fraction of sp³-hybridized carbons (Fsp3) is 0.562. The minimum atomic E-state index is -3.71. The molecule has 0 atom stereocenters. The van der Waals surface area contributed by atoms with E-state index in [0.717, 1.165) is 19.4 Å². The maximum absolute atomic E-state index is 12.3.